The summed E-state index contributed by atoms with van der Waals surface area (Å²) in [6, 6.07) is 0. The summed E-state index contributed by atoms with van der Waals surface area (Å²) in [5, 5.41) is 13.7. The summed E-state index contributed by atoms with van der Waals surface area (Å²) in [4.78, 5) is 22.1. The fraction of sp³-hybridized carbons (Fsp3) is 0.533. The lowest BCUT2D eigenvalue weighted by Crippen LogP contribution is -2.24. The van der Waals surface area contributed by atoms with Crippen LogP contribution in [-0.4, -0.2) is 27.6 Å². The number of fused-ring (bicyclic) bond motifs is 1. The van der Waals surface area contributed by atoms with E-state index in [2.05, 4.69) is 29.1 Å². The van der Waals surface area contributed by atoms with Gasteiger partial charge in [-0.05, 0) is 38.2 Å². The van der Waals surface area contributed by atoms with Gasteiger partial charge in [0, 0.05) is 11.4 Å². The van der Waals surface area contributed by atoms with E-state index < -0.39 is 5.97 Å². The molecule has 2 aromatic heterocycles. The first-order valence-electron chi connectivity index (χ1n) is 7.25. The number of aliphatic carboxylic acids is 1. The molecule has 2 heterocycles. The lowest BCUT2D eigenvalue weighted by Gasteiger charge is -2.17. The third kappa shape index (κ3) is 2.60. The molecular formula is C15H19N3O2S. The van der Waals surface area contributed by atoms with Crippen molar-refractivity contribution in [3.8, 4) is 0 Å². The molecule has 0 amide bonds. The van der Waals surface area contributed by atoms with Gasteiger partial charge in [-0.2, -0.15) is 0 Å². The Morgan fingerprint density at radius 2 is 2.24 bits per heavy atom. The van der Waals surface area contributed by atoms with Gasteiger partial charge in [-0.25, -0.2) is 9.97 Å². The standard InChI is InChI=1S/C15H19N3O2S/c1-8-9(2)21-14-12(8)13(17-7-18-14)16-6-10-4-3-5-11(10)15(19)20/h7,10-11H,3-6H2,1-2H3,(H,19,20)(H,16,17,18). The van der Waals surface area contributed by atoms with E-state index in [1.807, 2.05) is 0 Å². The molecule has 0 spiro atoms. The Balaban J connectivity index is 1.81. The molecule has 1 fully saturated rings. The smallest absolute Gasteiger partial charge is 0.306 e. The van der Waals surface area contributed by atoms with Crippen molar-refractivity contribution in [2.24, 2.45) is 11.8 Å². The number of nitrogens with zero attached hydrogens (tertiary/aromatic N) is 2. The maximum absolute atomic E-state index is 11.2. The van der Waals surface area contributed by atoms with Crippen LogP contribution in [0, 0.1) is 25.7 Å². The molecule has 3 rings (SSSR count). The average Bonchev–Trinajstić information content (AvgIpc) is 3.03. The molecule has 0 bridgehead atoms. The van der Waals surface area contributed by atoms with Crippen LogP contribution in [0.2, 0.25) is 0 Å². The monoisotopic (exact) mass is 305 g/mol. The Labute approximate surface area is 127 Å². The molecule has 5 nitrogen and oxygen atoms in total. The SMILES string of the molecule is Cc1sc2ncnc(NCC3CCCC3C(=O)O)c2c1C. The average molecular weight is 305 g/mol. The first-order chi connectivity index (χ1) is 10.1. The van der Waals surface area contributed by atoms with Crippen molar-refractivity contribution in [1.82, 2.24) is 9.97 Å². The van der Waals surface area contributed by atoms with Crippen LogP contribution >= 0.6 is 11.3 Å². The molecule has 1 aliphatic carbocycles. The Bertz CT molecular complexity index is 683. The predicted molar refractivity (Wildman–Crippen MR) is 83.8 cm³/mol. The van der Waals surface area contributed by atoms with Crippen LogP contribution in [0.4, 0.5) is 5.82 Å². The number of rotatable bonds is 4. The second-order valence-electron chi connectivity index (χ2n) is 5.70. The van der Waals surface area contributed by atoms with Gasteiger partial charge in [0.05, 0.1) is 11.3 Å². The highest BCUT2D eigenvalue weighted by Gasteiger charge is 2.32. The lowest BCUT2D eigenvalue weighted by atomic mass is 9.96. The zero-order chi connectivity index (χ0) is 15.0. The van der Waals surface area contributed by atoms with Gasteiger partial charge in [-0.15, -0.1) is 11.3 Å². The van der Waals surface area contributed by atoms with Gasteiger partial charge in [0.15, 0.2) is 0 Å². The Kier molecular flexibility index (Phi) is 3.80. The molecule has 1 saturated carbocycles. The fourth-order valence-corrected chi connectivity index (χ4v) is 4.15. The molecule has 112 valence electrons. The second kappa shape index (κ2) is 5.60. The molecule has 2 N–H and O–H groups in total. The number of anilines is 1. The van der Waals surface area contributed by atoms with Gasteiger partial charge in [0.1, 0.15) is 17.0 Å². The molecule has 0 aromatic carbocycles. The molecular weight excluding hydrogens is 286 g/mol. The molecule has 0 saturated heterocycles. The summed E-state index contributed by atoms with van der Waals surface area (Å²) >= 11 is 1.67. The van der Waals surface area contributed by atoms with E-state index in [1.165, 1.54) is 10.4 Å². The number of aryl methyl sites for hydroxylation is 2. The largest absolute Gasteiger partial charge is 0.481 e. The quantitative estimate of drug-likeness (QED) is 0.907. The summed E-state index contributed by atoms with van der Waals surface area (Å²) < 4.78 is 0. The van der Waals surface area contributed by atoms with Crippen molar-refractivity contribution >= 4 is 33.3 Å². The minimum absolute atomic E-state index is 0.188. The predicted octanol–water partition coefficient (Wildman–Crippen LogP) is 3.22. The van der Waals surface area contributed by atoms with Gasteiger partial charge in [0.2, 0.25) is 0 Å². The summed E-state index contributed by atoms with van der Waals surface area (Å²) in [6.07, 6.45) is 4.33. The molecule has 0 radical (unpaired) electrons. The van der Waals surface area contributed by atoms with Crippen molar-refractivity contribution in [2.45, 2.75) is 33.1 Å². The minimum atomic E-state index is -0.672. The molecule has 0 aliphatic heterocycles. The van der Waals surface area contributed by atoms with E-state index in [1.54, 1.807) is 17.7 Å². The highest BCUT2D eigenvalue weighted by atomic mass is 32.1. The first-order valence-corrected chi connectivity index (χ1v) is 8.07. The summed E-state index contributed by atoms with van der Waals surface area (Å²) in [5.74, 6) is 0.125. The lowest BCUT2D eigenvalue weighted by molar-refractivity contribution is -0.142. The molecule has 6 heteroatoms. The number of carboxylic acids is 1. The number of carboxylic acid groups (broad SMARTS) is 1. The van der Waals surface area contributed by atoms with E-state index in [0.29, 0.717) is 6.54 Å². The van der Waals surface area contributed by atoms with Crippen LogP contribution in [-0.2, 0) is 4.79 Å². The van der Waals surface area contributed by atoms with Gasteiger partial charge in [-0.3, -0.25) is 4.79 Å². The van der Waals surface area contributed by atoms with Crippen molar-refractivity contribution in [2.75, 3.05) is 11.9 Å². The maximum Gasteiger partial charge on any atom is 0.306 e. The van der Waals surface area contributed by atoms with Gasteiger partial charge in [-0.1, -0.05) is 6.42 Å². The fourth-order valence-electron chi connectivity index (χ4n) is 3.15. The van der Waals surface area contributed by atoms with Gasteiger partial charge >= 0.3 is 5.97 Å². The van der Waals surface area contributed by atoms with E-state index in [0.717, 1.165) is 35.3 Å². The Hall–Kier alpha value is -1.69. The van der Waals surface area contributed by atoms with Gasteiger partial charge < -0.3 is 10.4 Å². The van der Waals surface area contributed by atoms with Crippen LogP contribution in [0.25, 0.3) is 10.2 Å². The summed E-state index contributed by atoms with van der Waals surface area (Å²) in [5.41, 5.74) is 1.21. The normalized spacial score (nSPS) is 21.8. The maximum atomic E-state index is 11.2. The van der Waals surface area contributed by atoms with E-state index in [-0.39, 0.29) is 11.8 Å². The van der Waals surface area contributed by atoms with Crippen molar-refractivity contribution < 1.29 is 9.90 Å². The molecule has 2 aromatic rings. The Morgan fingerprint density at radius 1 is 1.43 bits per heavy atom. The van der Waals surface area contributed by atoms with Crippen molar-refractivity contribution in [3.63, 3.8) is 0 Å². The second-order valence-corrected chi connectivity index (χ2v) is 6.91. The van der Waals surface area contributed by atoms with Crippen molar-refractivity contribution in [3.05, 3.63) is 16.8 Å². The molecule has 1 aliphatic rings. The topological polar surface area (TPSA) is 75.1 Å². The van der Waals surface area contributed by atoms with E-state index >= 15 is 0 Å². The number of hydrogen-bond donors (Lipinski definition) is 2. The number of hydrogen-bond acceptors (Lipinski definition) is 5. The van der Waals surface area contributed by atoms with Crippen LogP contribution in [0.5, 0.6) is 0 Å². The summed E-state index contributed by atoms with van der Waals surface area (Å²) in [7, 11) is 0. The third-order valence-corrected chi connectivity index (χ3v) is 5.59. The van der Waals surface area contributed by atoms with Crippen LogP contribution < -0.4 is 5.32 Å². The number of nitrogens with one attached hydrogen (secondary N) is 1. The third-order valence-electron chi connectivity index (χ3n) is 4.47. The number of carbonyl (C=O) groups is 1. The zero-order valence-electron chi connectivity index (χ0n) is 12.2. The Morgan fingerprint density at radius 3 is 3.00 bits per heavy atom. The zero-order valence-corrected chi connectivity index (χ0v) is 13.0. The first kappa shape index (κ1) is 14.3. The number of aromatic nitrogens is 2. The van der Waals surface area contributed by atoms with Crippen LogP contribution in [0.3, 0.4) is 0 Å². The van der Waals surface area contributed by atoms with Crippen LogP contribution in [0.15, 0.2) is 6.33 Å². The minimum Gasteiger partial charge on any atom is -0.481 e. The van der Waals surface area contributed by atoms with E-state index in [9.17, 15) is 9.90 Å². The molecule has 21 heavy (non-hydrogen) atoms. The van der Waals surface area contributed by atoms with Gasteiger partial charge in [0.25, 0.3) is 0 Å². The highest BCUT2D eigenvalue weighted by Crippen LogP contribution is 2.35. The molecule has 2 unspecified atom stereocenters. The number of thiophene rings is 1. The highest BCUT2D eigenvalue weighted by molar-refractivity contribution is 7.18. The van der Waals surface area contributed by atoms with Crippen LogP contribution in [0.1, 0.15) is 29.7 Å². The van der Waals surface area contributed by atoms with E-state index in [4.69, 9.17) is 0 Å². The summed E-state index contributed by atoms with van der Waals surface area (Å²) in [6.45, 7) is 4.83. The van der Waals surface area contributed by atoms with Crippen molar-refractivity contribution in [1.29, 1.82) is 0 Å². The molecule has 2 atom stereocenters.